The molecule has 1 aromatic rings. The molecule has 0 aliphatic heterocycles. The number of carbonyl (C=O) groups is 2. The third-order valence-electron chi connectivity index (χ3n) is 4.32. The van der Waals surface area contributed by atoms with Crippen LogP contribution in [0.4, 0.5) is 0 Å². The molecule has 1 amide bonds. The van der Waals surface area contributed by atoms with Gasteiger partial charge in [0, 0.05) is 12.5 Å². The van der Waals surface area contributed by atoms with Crippen molar-refractivity contribution in [1.82, 2.24) is 4.90 Å². The maximum Gasteiger partial charge on any atom is 0.325 e. The lowest BCUT2D eigenvalue weighted by Crippen LogP contribution is -2.40. The molecule has 1 aliphatic rings. The van der Waals surface area contributed by atoms with Crippen molar-refractivity contribution in [1.29, 1.82) is 0 Å². The second kappa shape index (κ2) is 7.65. The molecule has 4 nitrogen and oxygen atoms in total. The van der Waals surface area contributed by atoms with Crippen LogP contribution in [0.25, 0.3) is 0 Å². The van der Waals surface area contributed by atoms with Gasteiger partial charge in [-0.25, -0.2) is 0 Å². The summed E-state index contributed by atoms with van der Waals surface area (Å²) in [7, 11) is 1.31. The first-order chi connectivity index (χ1) is 10.7. The molecule has 0 bridgehead atoms. The van der Waals surface area contributed by atoms with Crippen molar-refractivity contribution < 1.29 is 14.3 Å². The molecular formula is C18H21NO3. The zero-order valence-corrected chi connectivity index (χ0v) is 12.8. The van der Waals surface area contributed by atoms with Crippen LogP contribution in [0, 0.1) is 18.3 Å². The third kappa shape index (κ3) is 3.88. The second-order valence-electron chi connectivity index (χ2n) is 5.61. The quantitative estimate of drug-likeness (QED) is 0.597. The van der Waals surface area contributed by atoms with Gasteiger partial charge in [-0.1, -0.05) is 36.8 Å². The van der Waals surface area contributed by atoms with E-state index < -0.39 is 11.9 Å². The van der Waals surface area contributed by atoms with Crippen molar-refractivity contribution in [3.63, 3.8) is 0 Å². The van der Waals surface area contributed by atoms with Crippen LogP contribution >= 0.6 is 0 Å². The molecule has 0 aromatic heterocycles. The minimum absolute atomic E-state index is 0.102. The van der Waals surface area contributed by atoms with Crippen molar-refractivity contribution in [2.24, 2.45) is 5.92 Å². The number of nitrogens with zero attached hydrogens (tertiary/aromatic N) is 1. The van der Waals surface area contributed by atoms with Gasteiger partial charge in [-0.2, -0.15) is 0 Å². The Morgan fingerprint density at radius 2 is 2.05 bits per heavy atom. The Labute approximate surface area is 131 Å². The van der Waals surface area contributed by atoms with Gasteiger partial charge in [0.05, 0.1) is 7.11 Å². The van der Waals surface area contributed by atoms with E-state index in [1.807, 2.05) is 18.2 Å². The van der Waals surface area contributed by atoms with Gasteiger partial charge in [0.25, 0.3) is 5.91 Å². The standard InChI is InChI=1S/C18H21NO3/c1-3-17(20)19(13-18(21)22-2)12-16(15-10-7-11-15)14-8-5-4-6-9-14/h1,4-6,8-9,15-16H,7,10-13H2,2H3. The Balaban J connectivity index is 2.17. The number of methoxy groups -OCH3 is 1. The number of ether oxygens (including phenoxy) is 1. The van der Waals surface area contributed by atoms with Crippen LogP contribution in [0.2, 0.25) is 0 Å². The summed E-state index contributed by atoms with van der Waals surface area (Å²) in [5.74, 6) is 1.92. The summed E-state index contributed by atoms with van der Waals surface area (Å²) < 4.78 is 4.66. The lowest BCUT2D eigenvalue weighted by Gasteiger charge is -2.36. The Bertz CT molecular complexity index is 557. The van der Waals surface area contributed by atoms with Gasteiger partial charge in [-0.3, -0.25) is 9.59 Å². The number of hydrogen-bond acceptors (Lipinski definition) is 3. The van der Waals surface area contributed by atoms with E-state index in [9.17, 15) is 9.59 Å². The van der Waals surface area contributed by atoms with Crippen LogP contribution in [-0.2, 0) is 14.3 Å². The third-order valence-corrected chi connectivity index (χ3v) is 4.32. The van der Waals surface area contributed by atoms with Crippen LogP contribution in [-0.4, -0.2) is 37.0 Å². The lowest BCUT2D eigenvalue weighted by molar-refractivity contribution is -0.145. The zero-order valence-electron chi connectivity index (χ0n) is 12.8. The van der Waals surface area contributed by atoms with Crippen LogP contribution < -0.4 is 0 Å². The number of benzene rings is 1. The van der Waals surface area contributed by atoms with Crippen molar-refractivity contribution in [3.05, 3.63) is 35.9 Å². The van der Waals surface area contributed by atoms with E-state index in [0.29, 0.717) is 12.5 Å². The summed E-state index contributed by atoms with van der Waals surface area (Å²) in [6.45, 7) is 0.350. The van der Waals surface area contributed by atoms with Crippen LogP contribution in [0.15, 0.2) is 30.3 Å². The molecule has 22 heavy (non-hydrogen) atoms. The first kappa shape index (κ1) is 16.1. The number of carbonyl (C=O) groups excluding carboxylic acids is 2. The summed E-state index contributed by atoms with van der Waals surface area (Å²) in [5, 5.41) is 0. The first-order valence-electron chi connectivity index (χ1n) is 7.53. The molecule has 1 atom stereocenters. The van der Waals surface area contributed by atoms with Crippen LogP contribution in [0.5, 0.6) is 0 Å². The number of esters is 1. The summed E-state index contributed by atoms with van der Waals surface area (Å²) in [6.07, 6.45) is 8.75. The van der Waals surface area contributed by atoms with Gasteiger partial charge in [-0.05, 0) is 30.2 Å². The fraction of sp³-hybridized carbons (Fsp3) is 0.444. The predicted octanol–water partition coefficient (Wildman–Crippen LogP) is 2.21. The molecule has 0 radical (unpaired) electrons. The molecule has 1 aromatic carbocycles. The zero-order chi connectivity index (χ0) is 15.9. The van der Waals surface area contributed by atoms with E-state index in [2.05, 4.69) is 22.8 Å². The fourth-order valence-corrected chi connectivity index (χ4v) is 2.84. The predicted molar refractivity (Wildman–Crippen MR) is 84.0 cm³/mol. The maximum absolute atomic E-state index is 11.9. The first-order valence-corrected chi connectivity index (χ1v) is 7.53. The highest BCUT2D eigenvalue weighted by Crippen LogP contribution is 2.39. The number of terminal acetylenes is 1. The number of rotatable bonds is 6. The number of hydrogen-bond donors (Lipinski definition) is 0. The smallest absolute Gasteiger partial charge is 0.325 e. The van der Waals surface area contributed by atoms with Gasteiger partial charge in [-0.15, -0.1) is 6.42 Å². The molecule has 2 rings (SSSR count). The average molecular weight is 299 g/mol. The highest BCUT2D eigenvalue weighted by molar-refractivity contribution is 5.94. The van der Waals surface area contributed by atoms with Gasteiger partial charge in [0.1, 0.15) is 6.54 Å². The van der Waals surface area contributed by atoms with E-state index in [0.717, 1.165) is 12.8 Å². The normalized spacial score (nSPS) is 15.3. The summed E-state index contributed by atoms with van der Waals surface area (Å²) >= 11 is 0. The summed E-state index contributed by atoms with van der Waals surface area (Å²) in [5.41, 5.74) is 1.19. The lowest BCUT2D eigenvalue weighted by atomic mass is 9.73. The topological polar surface area (TPSA) is 46.6 Å². The van der Waals surface area contributed by atoms with E-state index in [1.165, 1.54) is 24.0 Å². The van der Waals surface area contributed by atoms with Crippen molar-refractivity contribution in [2.75, 3.05) is 20.2 Å². The minimum Gasteiger partial charge on any atom is -0.468 e. The SMILES string of the molecule is C#CC(=O)N(CC(=O)OC)CC(c1ccccc1)C1CCC1. The molecule has 1 unspecified atom stereocenters. The molecule has 0 spiro atoms. The highest BCUT2D eigenvalue weighted by atomic mass is 16.5. The molecule has 0 saturated heterocycles. The molecule has 0 heterocycles. The van der Waals surface area contributed by atoms with Crippen LogP contribution in [0.1, 0.15) is 30.7 Å². The Hall–Kier alpha value is -2.28. The maximum atomic E-state index is 11.9. The molecule has 1 aliphatic carbocycles. The summed E-state index contributed by atoms with van der Waals surface area (Å²) in [6, 6.07) is 10.1. The van der Waals surface area contributed by atoms with Crippen molar-refractivity contribution >= 4 is 11.9 Å². The largest absolute Gasteiger partial charge is 0.468 e. The Morgan fingerprint density at radius 1 is 1.36 bits per heavy atom. The van der Waals surface area contributed by atoms with Crippen molar-refractivity contribution in [3.8, 4) is 12.3 Å². The second-order valence-corrected chi connectivity index (χ2v) is 5.61. The highest BCUT2D eigenvalue weighted by Gasteiger charge is 2.31. The van der Waals surface area contributed by atoms with E-state index in [1.54, 1.807) is 0 Å². The summed E-state index contributed by atoms with van der Waals surface area (Å²) in [4.78, 5) is 24.9. The monoisotopic (exact) mass is 299 g/mol. The van der Waals surface area contributed by atoms with E-state index >= 15 is 0 Å². The van der Waals surface area contributed by atoms with Gasteiger partial charge in [0.15, 0.2) is 0 Å². The Morgan fingerprint density at radius 3 is 2.55 bits per heavy atom. The molecule has 4 heteroatoms. The average Bonchev–Trinajstić information content (AvgIpc) is 2.51. The van der Waals surface area contributed by atoms with E-state index in [4.69, 9.17) is 6.42 Å². The van der Waals surface area contributed by atoms with Crippen LogP contribution in [0.3, 0.4) is 0 Å². The molecule has 1 saturated carbocycles. The minimum atomic E-state index is -0.467. The fourth-order valence-electron chi connectivity index (χ4n) is 2.84. The van der Waals surface area contributed by atoms with Crippen molar-refractivity contribution in [2.45, 2.75) is 25.2 Å². The number of amides is 1. The Kier molecular flexibility index (Phi) is 5.60. The van der Waals surface area contributed by atoms with Gasteiger partial charge in [0.2, 0.25) is 0 Å². The molecule has 116 valence electrons. The van der Waals surface area contributed by atoms with E-state index in [-0.39, 0.29) is 12.5 Å². The van der Waals surface area contributed by atoms with Gasteiger partial charge < -0.3 is 9.64 Å². The molecule has 1 fully saturated rings. The molecular weight excluding hydrogens is 278 g/mol. The van der Waals surface area contributed by atoms with Gasteiger partial charge >= 0.3 is 5.97 Å². The molecule has 0 N–H and O–H groups in total.